The van der Waals surface area contributed by atoms with E-state index in [1.54, 1.807) is 60.8 Å². The fourth-order valence-electron chi connectivity index (χ4n) is 2.61. The summed E-state index contributed by atoms with van der Waals surface area (Å²) in [6.45, 7) is 0.471. The van der Waals surface area contributed by atoms with Crippen molar-refractivity contribution >= 4 is 21.9 Å². The topological polar surface area (TPSA) is 93.8 Å². The summed E-state index contributed by atoms with van der Waals surface area (Å²) in [5, 5.41) is 3.49. The van der Waals surface area contributed by atoms with Gasteiger partial charge in [0.2, 0.25) is 0 Å². The summed E-state index contributed by atoms with van der Waals surface area (Å²) in [6.07, 6.45) is 2.31. The molecule has 0 spiro atoms. The van der Waals surface area contributed by atoms with Crippen LogP contribution >= 0.6 is 0 Å². The van der Waals surface area contributed by atoms with Crippen LogP contribution in [-0.2, 0) is 16.4 Å². The summed E-state index contributed by atoms with van der Waals surface area (Å²) in [6, 6.07) is 23.0. The predicted octanol–water partition coefficient (Wildman–Crippen LogP) is 3.40. The molecule has 0 aliphatic heterocycles. The molecule has 0 atom stereocenters. The fraction of sp³-hybridized carbons (Fsp3) is 0.0952. The molecular weight excluding hydrogens is 374 g/mol. The van der Waals surface area contributed by atoms with Crippen molar-refractivity contribution in [1.82, 2.24) is 0 Å². The van der Waals surface area contributed by atoms with E-state index >= 15 is 0 Å². The summed E-state index contributed by atoms with van der Waals surface area (Å²) >= 11 is 0. The third kappa shape index (κ3) is 5.34. The lowest BCUT2D eigenvalue weighted by molar-refractivity contribution is 0.322. The average molecular weight is 395 g/mol. The van der Waals surface area contributed by atoms with E-state index in [2.05, 4.69) is 9.82 Å². The number of hydrogen-bond donors (Lipinski definition) is 2. The fourth-order valence-corrected chi connectivity index (χ4v) is 3.68. The Balaban J connectivity index is 1.59. The molecule has 0 heterocycles. The molecule has 3 N–H and O–H groups in total. The van der Waals surface area contributed by atoms with E-state index in [9.17, 15) is 8.42 Å². The molecule has 0 saturated carbocycles. The molecule has 3 rings (SSSR count). The van der Waals surface area contributed by atoms with Crippen LogP contribution in [0.25, 0.3) is 0 Å². The molecule has 28 heavy (non-hydrogen) atoms. The van der Waals surface area contributed by atoms with Crippen LogP contribution in [0, 0.1) is 0 Å². The lowest BCUT2D eigenvalue weighted by Crippen LogP contribution is -2.12. The number of benzene rings is 3. The highest BCUT2D eigenvalue weighted by Gasteiger charge is 2.13. The minimum absolute atomic E-state index is 0.212. The lowest BCUT2D eigenvalue weighted by atomic mass is 10.1. The van der Waals surface area contributed by atoms with Crippen LogP contribution < -0.4 is 15.3 Å². The van der Waals surface area contributed by atoms with Gasteiger partial charge in [0.05, 0.1) is 23.4 Å². The van der Waals surface area contributed by atoms with Crippen LogP contribution in [0.1, 0.15) is 11.1 Å². The zero-order chi connectivity index (χ0) is 19.8. The maximum Gasteiger partial charge on any atom is 0.261 e. The largest absolute Gasteiger partial charge is 0.493 e. The predicted molar refractivity (Wildman–Crippen MR) is 111 cm³/mol. The summed E-state index contributed by atoms with van der Waals surface area (Å²) in [4.78, 5) is 0.212. The molecule has 0 unspecified atom stereocenters. The van der Waals surface area contributed by atoms with Gasteiger partial charge in [-0.3, -0.25) is 4.72 Å². The maximum atomic E-state index is 12.4. The Hall–Kier alpha value is -3.32. The van der Waals surface area contributed by atoms with Crippen molar-refractivity contribution in [1.29, 1.82) is 0 Å². The van der Waals surface area contributed by atoms with Gasteiger partial charge in [0.15, 0.2) is 0 Å². The number of nitrogens with two attached hydrogens (primary N) is 1. The number of anilines is 1. The number of sulfonamides is 1. The zero-order valence-corrected chi connectivity index (χ0v) is 16.0. The smallest absolute Gasteiger partial charge is 0.261 e. The first-order valence-electron chi connectivity index (χ1n) is 8.70. The molecule has 0 aliphatic rings. The number of ether oxygens (including phenoxy) is 1. The van der Waals surface area contributed by atoms with Crippen LogP contribution in [0.3, 0.4) is 0 Å². The maximum absolute atomic E-state index is 12.4. The van der Waals surface area contributed by atoms with Gasteiger partial charge >= 0.3 is 0 Å². The highest BCUT2D eigenvalue weighted by atomic mass is 32.2. The van der Waals surface area contributed by atoms with Gasteiger partial charge in [-0.1, -0.05) is 48.5 Å². The van der Waals surface area contributed by atoms with Crippen LogP contribution in [0.2, 0.25) is 0 Å². The van der Waals surface area contributed by atoms with Gasteiger partial charge < -0.3 is 10.6 Å². The molecule has 3 aromatic carbocycles. The zero-order valence-electron chi connectivity index (χ0n) is 15.2. The second kappa shape index (κ2) is 9.05. The van der Waals surface area contributed by atoms with E-state index in [0.29, 0.717) is 18.0 Å². The first-order valence-corrected chi connectivity index (χ1v) is 10.2. The Morgan fingerprint density at radius 1 is 0.964 bits per heavy atom. The minimum atomic E-state index is -3.63. The highest BCUT2D eigenvalue weighted by Crippen LogP contribution is 2.21. The lowest BCUT2D eigenvalue weighted by Gasteiger charge is -2.11. The number of nitrogens with one attached hydrogen (secondary N) is 1. The van der Waals surface area contributed by atoms with Gasteiger partial charge in [0, 0.05) is 12.5 Å². The van der Waals surface area contributed by atoms with Gasteiger partial charge in [-0.15, -0.1) is 0 Å². The second-order valence-electron chi connectivity index (χ2n) is 6.06. The summed E-state index contributed by atoms with van der Waals surface area (Å²) in [5.74, 6) is 5.73. The van der Waals surface area contributed by atoms with E-state index in [1.807, 2.05) is 24.3 Å². The van der Waals surface area contributed by atoms with Crippen LogP contribution in [-0.4, -0.2) is 21.2 Å². The van der Waals surface area contributed by atoms with Gasteiger partial charge in [-0.05, 0) is 35.4 Å². The Labute approximate surface area is 164 Å². The summed E-state index contributed by atoms with van der Waals surface area (Å²) in [7, 11) is -3.63. The highest BCUT2D eigenvalue weighted by molar-refractivity contribution is 7.92. The van der Waals surface area contributed by atoms with Crippen molar-refractivity contribution < 1.29 is 13.2 Å². The van der Waals surface area contributed by atoms with Crippen molar-refractivity contribution in [3.8, 4) is 5.75 Å². The Morgan fingerprint density at radius 3 is 2.43 bits per heavy atom. The molecule has 7 heteroatoms. The molecular formula is C21H21N3O3S. The van der Waals surface area contributed by atoms with E-state index in [-0.39, 0.29) is 4.90 Å². The van der Waals surface area contributed by atoms with Gasteiger partial charge in [0.1, 0.15) is 5.75 Å². The molecule has 0 aromatic heterocycles. The van der Waals surface area contributed by atoms with Crippen molar-refractivity contribution in [2.45, 2.75) is 11.3 Å². The molecule has 0 amide bonds. The molecule has 6 nitrogen and oxygen atoms in total. The number of rotatable bonds is 8. The Bertz CT molecular complexity index is 1030. The average Bonchev–Trinajstić information content (AvgIpc) is 2.70. The third-order valence-corrected chi connectivity index (χ3v) is 5.40. The first kappa shape index (κ1) is 19.4. The molecule has 144 valence electrons. The van der Waals surface area contributed by atoms with E-state index in [4.69, 9.17) is 10.6 Å². The monoisotopic (exact) mass is 395 g/mol. The molecule has 0 bridgehead atoms. The minimum Gasteiger partial charge on any atom is -0.493 e. The first-order chi connectivity index (χ1) is 13.6. The molecule has 0 saturated heterocycles. The van der Waals surface area contributed by atoms with Gasteiger partial charge in [-0.25, -0.2) is 8.42 Å². The Morgan fingerprint density at radius 2 is 1.71 bits per heavy atom. The number of nitrogens with zero attached hydrogens (tertiary/aromatic N) is 1. The second-order valence-corrected chi connectivity index (χ2v) is 7.75. The van der Waals surface area contributed by atoms with E-state index in [1.165, 1.54) is 0 Å². The SMILES string of the molecule is N/N=C\c1ccc(CCOc2cccc(NS(=O)(=O)c3ccccc3)c2)cc1. The normalized spacial score (nSPS) is 11.4. The van der Waals surface area contributed by atoms with Crippen molar-refractivity contribution in [2.75, 3.05) is 11.3 Å². The molecule has 0 radical (unpaired) electrons. The third-order valence-electron chi connectivity index (χ3n) is 4.00. The van der Waals surface area contributed by atoms with Crippen LogP contribution in [0.4, 0.5) is 5.69 Å². The van der Waals surface area contributed by atoms with Gasteiger partial charge in [-0.2, -0.15) is 5.10 Å². The van der Waals surface area contributed by atoms with Crippen LogP contribution in [0.5, 0.6) is 5.75 Å². The number of hydrogen-bond acceptors (Lipinski definition) is 5. The quantitative estimate of drug-likeness (QED) is 0.347. The summed E-state index contributed by atoms with van der Waals surface area (Å²) in [5.41, 5.74) is 2.51. The number of hydrazone groups is 1. The summed E-state index contributed by atoms with van der Waals surface area (Å²) < 4.78 is 33.2. The van der Waals surface area contributed by atoms with Crippen LogP contribution in [0.15, 0.2) is 88.9 Å². The standard InChI is InChI=1S/C21H21N3O3S/c22-23-16-18-11-9-17(10-12-18)13-14-27-20-6-4-5-19(15-20)24-28(25,26)21-7-2-1-3-8-21/h1-12,15-16,24H,13-14,22H2/b23-16-. The van der Waals surface area contributed by atoms with E-state index < -0.39 is 10.0 Å². The molecule has 0 fully saturated rings. The van der Waals surface area contributed by atoms with E-state index in [0.717, 1.165) is 17.5 Å². The van der Waals surface area contributed by atoms with Gasteiger partial charge in [0.25, 0.3) is 10.0 Å². The molecule has 0 aliphatic carbocycles. The van der Waals surface area contributed by atoms with Crippen molar-refractivity contribution in [3.05, 3.63) is 90.0 Å². The molecule has 3 aromatic rings. The van der Waals surface area contributed by atoms with Crippen molar-refractivity contribution in [3.63, 3.8) is 0 Å². The van der Waals surface area contributed by atoms with Crippen molar-refractivity contribution in [2.24, 2.45) is 10.9 Å². The Kier molecular flexibility index (Phi) is 6.29.